The van der Waals surface area contributed by atoms with Gasteiger partial charge in [-0.25, -0.2) is 13.2 Å². The number of carbonyl (C=O) groups is 1. The Kier molecular flexibility index (Phi) is 9.14. The largest absolute Gasteiger partial charge is 0.493 e. The molecule has 0 saturated heterocycles. The van der Waals surface area contributed by atoms with Gasteiger partial charge in [0, 0.05) is 12.8 Å². The summed E-state index contributed by atoms with van der Waals surface area (Å²) in [6.07, 6.45) is 0.673. The first-order valence-corrected chi connectivity index (χ1v) is 13.0. The van der Waals surface area contributed by atoms with Crippen LogP contribution >= 0.6 is 0 Å². The van der Waals surface area contributed by atoms with Crippen molar-refractivity contribution in [1.29, 1.82) is 0 Å². The normalized spacial score (nSPS) is 13.9. The van der Waals surface area contributed by atoms with Crippen LogP contribution in [0.25, 0.3) is 0 Å². The SMILES string of the molecule is COc1ccc(CC(N)(CS(=O)(=O)C(C)C)C(=O)OC(C)(C)C)cc1OCCc1ccccc1. The van der Waals surface area contributed by atoms with E-state index in [2.05, 4.69) is 0 Å². The predicted molar refractivity (Wildman–Crippen MR) is 134 cm³/mol. The molecule has 0 spiro atoms. The molecule has 0 aliphatic heterocycles. The number of ether oxygens (including phenoxy) is 3. The maximum atomic E-state index is 13.1. The van der Waals surface area contributed by atoms with E-state index in [-0.39, 0.29) is 6.42 Å². The van der Waals surface area contributed by atoms with E-state index in [1.807, 2.05) is 30.3 Å². The van der Waals surface area contributed by atoms with Crippen LogP contribution in [0.2, 0.25) is 0 Å². The molecule has 1 atom stereocenters. The van der Waals surface area contributed by atoms with Crippen LogP contribution in [0.15, 0.2) is 48.5 Å². The maximum absolute atomic E-state index is 13.1. The van der Waals surface area contributed by atoms with Crippen molar-refractivity contribution in [2.75, 3.05) is 19.5 Å². The Morgan fingerprint density at radius 1 is 1.00 bits per heavy atom. The van der Waals surface area contributed by atoms with E-state index in [4.69, 9.17) is 19.9 Å². The summed E-state index contributed by atoms with van der Waals surface area (Å²) in [6.45, 7) is 8.70. The molecule has 7 nitrogen and oxygen atoms in total. The Bertz CT molecular complexity index is 1060. The molecular formula is C26H37NO6S. The van der Waals surface area contributed by atoms with E-state index in [9.17, 15) is 13.2 Å². The molecule has 0 aliphatic rings. The summed E-state index contributed by atoms with van der Waals surface area (Å²) < 4.78 is 42.3. The van der Waals surface area contributed by atoms with Crippen LogP contribution in [0.3, 0.4) is 0 Å². The van der Waals surface area contributed by atoms with Gasteiger partial charge >= 0.3 is 5.97 Å². The minimum Gasteiger partial charge on any atom is -0.493 e. The van der Waals surface area contributed by atoms with Gasteiger partial charge in [-0.1, -0.05) is 36.4 Å². The highest BCUT2D eigenvalue weighted by Gasteiger charge is 2.43. The number of carbonyl (C=O) groups excluding carboxylic acids is 1. The van der Waals surface area contributed by atoms with Crippen LogP contribution in [0.5, 0.6) is 11.5 Å². The quantitative estimate of drug-likeness (QED) is 0.478. The Balaban J connectivity index is 2.30. The lowest BCUT2D eigenvalue weighted by atomic mass is 9.93. The van der Waals surface area contributed by atoms with Crippen LogP contribution in [-0.2, 0) is 32.2 Å². The van der Waals surface area contributed by atoms with Gasteiger partial charge in [-0.3, -0.25) is 0 Å². The van der Waals surface area contributed by atoms with Gasteiger partial charge in [0.25, 0.3) is 0 Å². The molecule has 2 aromatic carbocycles. The van der Waals surface area contributed by atoms with Gasteiger partial charge in [0.1, 0.15) is 11.1 Å². The third kappa shape index (κ3) is 8.02. The van der Waals surface area contributed by atoms with Gasteiger partial charge in [-0.05, 0) is 57.9 Å². The Morgan fingerprint density at radius 2 is 1.65 bits per heavy atom. The second-order valence-electron chi connectivity index (χ2n) is 9.76. The third-order valence-electron chi connectivity index (χ3n) is 5.22. The number of rotatable bonds is 11. The second-order valence-corrected chi connectivity index (χ2v) is 12.3. The van der Waals surface area contributed by atoms with E-state index in [1.165, 1.54) is 0 Å². The summed E-state index contributed by atoms with van der Waals surface area (Å²) in [5, 5.41) is -0.675. The van der Waals surface area contributed by atoms with Gasteiger partial charge in [0.2, 0.25) is 0 Å². The topological polar surface area (TPSA) is 105 Å². The van der Waals surface area contributed by atoms with Crippen molar-refractivity contribution >= 4 is 15.8 Å². The zero-order valence-electron chi connectivity index (χ0n) is 21.0. The molecule has 0 aliphatic carbocycles. The fourth-order valence-corrected chi connectivity index (χ4v) is 4.59. The first-order chi connectivity index (χ1) is 15.8. The molecule has 0 heterocycles. The van der Waals surface area contributed by atoms with Crippen molar-refractivity contribution in [2.45, 2.75) is 63.9 Å². The molecule has 2 N–H and O–H groups in total. The molecule has 0 bridgehead atoms. The van der Waals surface area contributed by atoms with E-state index in [0.717, 1.165) is 5.56 Å². The molecule has 0 saturated carbocycles. The molecule has 0 aromatic heterocycles. The lowest BCUT2D eigenvalue weighted by molar-refractivity contribution is -0.160. The average Bonchev–Trinajstić information content (AvgIpc) is 2.73. The minimum atomic E-state index is -3.63. The highest BCUT2D eigenvalue weighted by atomic mass is 32.2. The first-order valence-electron chi connectivity index (χ1n) is 11.3. The van der Waals surface area contributed by atoms with E-state index in [1.54, 1.807) is 59.9 Å². The van der Waals surface area contributed by atoms with E-state index in [0.29, 0.717) is 30.1 Å². The lowest BCUT2D eigenvalue weighted by Gasteiger charge is -2.32. The third-order valence-corrected chi connectivity index (χ3v) is 7.58. The van der Waals surface area contributed by atoms with Crippen LogP contribution < -0.4 is 15.2 Å². The fraction of sp³-hybridized carbons (Fsp3) is 0.500. The molecule has 8 heteroatoms. The molecule has 2 rings (SSSR count). The molecule has 2 aromatic rings. The van der Waals surface area contributed by atoms with Gasteiger partial charge in [0.15, 0.2) is 21.3 Å². The van der Waals surface area contributed by atoms with Crippen LogP contribution in [0, 0.1) is 0 Å². The second kappa shape index (κ2) is 11.2. The Morgan fingerprint density at radius 3 is 2.21 bits per heavy atom. The van der Waals surface area contributed by atoms with Gasteiger partial charge in [0.05, 0.1) is 24.7 Å². The summed E-state index contributed by atoms with van der Waals surface area (Å²) in [7, 11) is -2.08. The smallest absolute Gasteiger partial charge is 0.328 e. The number of esters is 1. The summed E-state index contributed by atoms with van der Waals surface area (Å²) in [5.41, 5.74) is 5.69. The van der Waals surface area contributed by atoms with Crippen molar-refractivity contribution < 1.29 is 27.4 Å². The first kappa shape index (κ1) is 27.7. The minimum absolute atomic E-state index is 0.0348. The number of methoxy groups -OCH3 is 1. The van der Waals surface area contributed by atoms with Crippen molar-refractivity contribution in [3.8, 4) is 11.5 Å². The maximum Gasteiger partial charge on any atom is 0.328 e. The summed E-state index contributed by atoms with van der Waals surface area (Å²) in [4.78, 5) is 13.1. The standard InChI is InChI=1S/C26H37NO6S/c1-19(2)34(29,30)18-26(27,24(28)33-25(3,4)5)17-21-12-13-22(31-6)23(16-21)32-15-14-20-10-8-7-9-11-20/h7-13,16,19H,14-15,17-18,27H2,1-6H3. The van der Waals surface area contributed by atoms with Gasteiger partial charge in [-0.2, -0.15) is 0 Å². The van der Waals surface area contributed by atoms with Crippen molar-refractivity contribution in [3.05, 3.63) is 59.7 Å². The molecule has 0 amide bonds. The molecule has 1 unspecified atom stereocenters. The van der Waals surface area contributed by atoms with Crippen molar-refractivity contribution in [1.82, 2.24) is 0 Å². The van der Waals surface area contributed by atoms with Crippen molar-refractivity contribution in [3.63, 3.8) is 0 Å². The van der Waals surface area contributed by atoms with Crippen LogP contribution in [0.4, 0.5) is 0 Å². The monoisotopic (exact) mass is 491 g/mol. The number of benzene rings is 2. The van der Waals surface area contributed by atoms with Crippen molar-refractivity contribution in [2.24, 2.45) is 5.73 Å². The summed E-state index contributed by atoms with van der Waals surface area (Å²) in [6, 6.07) is 15.2. The summed E-state index contributed by atoms with van der Waals surface area (Å²) in [5.74, 6) is -0.254. The zero-order valence-corrected chi connectivity index (χ0v) is 21.8. The highest BCUT2D eigenvalue weighted by molar-refractivity contribution is 7.92. The molecule has 188 valence electrons. The highest BCUT2D eigenvalue weighted by Crippen LogP contribution is 2.30. The zero-order chi connectivity index (χ0) is 25.6. The van der Waals surface area contributed by atoms with Gasteiger partial charge < -0.3 is 19.9 Å². The number of hydrogen-bond acceptors (Lipinski definition) is 7. The van der Waals surface area contributed by atoms with Crippen LogP contribution in [-0.4, -0.2) is 50.2 Å². The molecular weight excluding hydrogens is 454 g/mol. The lowest BCUT2D eigenvalue weighted by Crippen LogP contribution is -2.58. The average molecular weight is 492 g/mol. The van der Waals surface area contributed by atoms with E-state index >= 15 is 0 Å². The Hall–Kier alpha value is -2.58. The predicted octanol–water partition coefficient (Wildman–Crippen LogP) is 3.72. The molecule has 0 fully saturated rings. The summed E-state index contributed by atoms with van der Waals surface area (Å²) >= 11 is 0. The number of hydrogen-bond donors (Lipinski definition) is 1. The molecule has 34 heavy (non-hydrogen) atoms. The molecule has 0 radical (unpaired) electrons. The number of sulfone groups is 1. The van der Waals surface area contributed by atoms with Crippen LogP contribution in [0.1, 0.15) is 45.7 Å². The fourth-order valence-electron chi connectivity index (χ4n) is 3.32. The Labute approximate surface area is 203 Å². The van der Waals surface area contributed by atoms with Gasteiger partial charge in [-0.15, -0.1) is 0 Å². The van der Waals surface area contributed by atoms with E-state index < -0.39 is 37.9 Å². The number of nitrogens with two attached hydrogens (primary N) is 1.